The molecular weight excluding hydrogens is 809 g/mol. The number of fused-ring (bicyclic) bond motifs is 6. The van der Waals surface area contributed by atoms with E-state index in [0.717, 1.165) is 45.3 Å². The molecule has 0 amide bonds. The van der Waals surface area contributed by atoms with Crippen molar-refractivity contribution < 1.29 is 33.9 Å². The summed E-state index contributed by atoms with van der Waals surface area (Å²) in [4.78, 5) is 0. The number of hydrogen-bond donors (Lipinski definition) is 2. The van der Waals surface area contributed by atoms with Crippen LogP contribution in [0.25, 0.3) is 22.3 Å². The van der Waals surface area contributed by atoms with Crippen molar-refractivity contribution in [2.75, 3.05) is 52.9 Å². The van der Waals surface area contributed by atoms with Crippen LogP contribution in [0.1, 0.15) is 44.5 Å². The van der Waals surface area contributed by atoms with Crippen LogP contribution in [0.4, 0.5) is 0 Å². The molecule has 0 unspecified atom stereocenters. The number of hydrogen-bond acceptors (Lipinski definition) is 7. The lowest BCUT2D eigenvalue weighted by molar-refractivity contribution is 0.0764. The lowest BCUT2D eigenvalue weighted by atomic mass is 9.68. The van der Waals surface area contributed by atoms with Gasteiger partial charge in [0.2, 0.25) is 0 Å². The number of aliphatic hydroxyl groups is 2. The quantitative estimate of drug-likeness (QED) is 0.0831. The molecule has 0 spiro atoms. The molecule has 0 saturated heterocycles. The van der Waals surface area contributed by atoms with Gasteiger partial charge in [-0.15, -0.1) is 0 Å². The predicted molar refractivity (Wildman–Crippen MR) is 254 cm³/mol. The highest BCUT2D eigenvalue weighted by molar-refractivity contribution is 5.87. The van der Waals surface area contributed by atoms with Crippen molar-refractivity contribution in [1.29, 1.82) is 0 Å². The van der Waals surface area contributed by atoms with Gasteiger partial charge in [0.1, 0.15) is 49.4 Å². The highest BCUT2D eigenvalue weighted by atomic mass is 16.5. The smallest absolute Gasteiger partial charge is 0.119 e. The molecule has 7 nitrogen and oxygen atoms in total. The van der Waals surface area contributed by atoms with E-state index in [1.165, 1.54) is 44.5 Å². The molecule has 2 aliphatic rings. The van der Waals surface area contributed by atoms with E-state index in [-0.39, 0.29) is 26.4 Å². The van der Waals surface area contributed by atoms with E-state index in [0.29, 0.717) is 26.4 Å². The summed E-state index contributed by atoms with van der Waals surface area (Å²) in [6.07, 6.45) is 0. The van der Waals surface area contributed by atoms with Crippen LogP contribution in [0.15, 0.2) is 194 Å². The third kappa shape index (κ3) is 7.51. The molecule has 0 heterocycles. The van der Waals surface area contributed by atoms with Gasteiger partial charge in [-0.05, 0) is 115 Å². The SMILES string of the molecule is OCCOc1ccc(C2(c3ccc(OCCOCCOc4ccc(C5(c6ccc(OCCO)cc6)c6ccccc6-c6ccccc65)cc4)cc3)c3ccccc3-c3ccccc32)cc1. The Labute approximate surface area is 380 Å². The first-order valence-electron chi connectivity index (χ1n) is 22.3. The number of benzene rings is 8. The van der Waals surface area contributed by atoms with E-state index in [1.54, 1.807) is 0 Å². The van der Waals surface area contributed by atoms with Crippen LogP contribution < -0.4 is 18.9 Å². The zero-order valence-corrected chi connectivity index (χ0v) is 36.1. The summed E-state index contributed by atoms with van der Waals surface area (Å²) in [5, 5.41) is 18.6. The summed E-state index contributed by atoms with van der Waals surface area (Å²) in [6, 6.07) is 67.9. The second kappa shape index (κ2) is 18.5. The summed E-state index contributed by atoms with van der Waals surface area (Å²) in [6.45, 7) is 2.08. The van der Waals surface area contributed by atoms with Crippen LogP contribution in [0.5, 0.6) is 23.0 Å². The Balaban J connectivity index is 0.792. The van der Waals surface area contributed by atoms with Gasteiger partial charge >= 0.3 is 0 Å². The van der Waals surface area contributed by atoms with Crippen molar-refractivity contribution in [1.82, 2.24) is 0 Å². The second-order valence-electron chi connectivity index (χ2n) is 16.2. The van der Waals surface area contributed by atoms with E-state index in [9.17, 15) is 10.2 Å². The van der Waals surface area contributed by atoms with E-state index in [4.69, 9.17) is 23.7 Å². The fourth-order valence-corrected chi connectivity index (χ4v) is 10.1. The highest BCUT2D eigenvalue weighted by Gasteiger charge is 2.47. The largest absolute Gasteiger partial charge is 0.491 e. The zero-order valence-electron chi connectivity index (χ0n) is 36.1. The number of ether oxygens (including phenoxy) is 5. The van der Waals surface area contributed by atoms with E-state index >= 15 is 0 Å². The maximum absolute atomic E-state index is 9.30. The molecular formula is C58H50O7. The topological polar surface area (TPSA) is 86.6 Å². The van der Waals surface area contributed by atoms with Crippen LogP contribution in [0, 0.1) is 0 Å². The normalized spacial score (nSPS) is 13.6. The summed E-state index contributed by atoms with van der Waals surface area (Å²) in [5.41, 5.74) is 13.3. The molecule has 324 valence electrons. The molecule has 0 saturated carbocycles. The molecule has 0 fully saturated rings. The van der Waals surface area contributed by atoms with Gasteiger partial charge in [-0.25, -0.2) is 0 Å². The maximum Gasteiger partial charge on any atom is 0.119 e. The minimum absolute atomic E-state index is 0.0338. The molecule has 8 aromatic rings. The molecule has 0 radical (unpaired) electrons. The highest BCUT2D eigenvalue weighted by Crippen LogP contribution is 2.57. The van der Waals surface area contributed by atoms with Crippen LogP contribution in [0.3, 0.4) is 0 Å². The summed E-state index contributed by atoms with van der Waals surface area (Å²) in [7, 11) is 0. The van der Waals surface area contributed by atoms with Crippen molar-refractivity contribution in [3.8, 4) is 45.3 Å². The van der Waals surface area contributed by atoms with E-state index in [1.807, 2.05) is 48.5 Å². The Morgan fingerprint density at radius 3 is 0.785 bits per heavy atom. The van der Waals surface area contributed by atoms with Crippen molar-refractivity contribution >= 4 is 0 Å². The Hall–Kier alpha value is -7.16. The molecule has 0 atom stereocenters. The standard InChI is InChI=1S/C58H50O7/c59-33-35-62-45-25-17-41(18-26-45)57(53-13-5-1-9-49(53)50-10-2-6-14-54(50)57)43-21-29-47(30-22-43)64-39-37-61-38-40-65-48-31-23-44(24-32-48)58(42-19-27-46(28-20-42)63-36-34-60)55-15-7-3-11-51(55)52-12-4-8-16-56(52)58/h1-32,59-60H,33-40H2. The number of rotatable bonds is 18. The summed E-state index contributed by atoms with van der Waals surface area (Å²) in [5.74, 6) is 2.99. The van der Waals surface area contributed by atoms with Crippen molar-refractivity contribution in [2.24, 2.45) is 0 Å². The molecule has 7 heteroatoms. The van der Waals surface area contributed by atoms with Crippen molar-refractivity contribution in [3.63, 3.8) is 0 Å². The fraction of sp³-hybridized carbons (Fsp3) is 0.172. The third-order valence-electron chi connectivity index (χ3n) is 12.8. The lowest BCUT2D eigenvalue weighted by Gasteiger charge is -2.34. The van der Waals surface area contributed by atoms with Gasteiger partial charge in [-0.3, -0.25) is 0 Å². The molecule has 0 aliphatic heterocycles. The first-order chi connectivity index (χ1) is 32.2. The van der Waals surface area contributed by atoms with Gasteiger partial charge in [0.25, 0.3) is 0 Å². The summed E-state index contributed by atoms with van der Waals surface area (Å²) < 4.78 is 29.8. The minimum atomic E-state index is -0.539. The second-order valence-corrected chi connectivity index (χ2v) is 16.2. The van der Waals surface area contributed by atoms with E-state index < -0.39 is 10.8 Å². The van der Waals surface area contributed by atoms with Crippen molar-refractivity contribution in [3.05, 3.63) is 239 Å². The average molecular weight is 859 g/mol. The fourth-order valence-electron chi connectivity index (χ4n) is 10.1. The molecule has 8 aromatic carbocycles. The maximum atomic E-state index is 9.30. The van der Waals surface area contributed by atoms with Crippen molar-refractivity contribution in [2.45, 2.75) is 10.8 Å². The Kier molecular flexibility index (Phi) is 11.9. The Bertz CT molecular complexity index is 2580. The zero-order chi connectivity index (χ0) is 44.1. The van der Waals surface area contributed by atoms with Gasteiger partial charge in [-0.2, -0.15) is 0 Å². The van der Waals surface area contributed by atoms with Crippen LogP contribution in [-0.2, 0) is 15.6 Å². The molecule has 0 bridgehead atoms. The Morgan fingerprint density at radius 2 is 0.523 bits per heavy atom. The van der Waals surface area contributed by atoms with Gasteiger partial charge in [-0.1, -0.05) is 146 Å². The van der Waals surface area contributed by atoms with Gasteiger partial charge in [0.05, 0.1) is 37.3 Å². The monoisotopic (exact) mass is 858 g/mol. The van der Waals surface area contributed by atoms with Gasteiger partial charge < -0.3 is 33.9 Å². The van der Waals surface area contributed by atoms with Crippen LogP contribution >= 0.6 is 0 Å². The molecule has 2 N–H and O–H groups in total. The third-order valence-corrected chi connectivity index (χ3v) is 12.8. The molecule has 65 heavy (non-hydrogen) atoms. The minimum Gasteiger partial charge on any atom is -0.491 e. The first-order valence-corrected chi connectivity index (χ1v) is 22.3. The summed E-state index contributed by atoms with van der Waals surface area (Å²) >= 11 is 0. The molecule has 2 aliphatic carbocycles. The van der Waals surface area contributed by atoms with Gasteiger partial charge in [0.15, 0.2) is 0 Å². The predicted octanol–water partition coefficient (Wildman–Crippen LogP) is 10.6. The molecule has 0 aromatic heterocycles. The van der Waals surface area contributed by atoms with E-state index in [2.05, 4.69) is 146 Å². The van der Waals surface area contributed by atoms with Crippen LogP contribution in [-0.4, -0.2) is 63.1 Å². The Morgan fingerprint density at radius 1 is 0.277 bits per heavy atom. The molecule has 10 rings (SSSR count). The lowest BCUT2D eigenvalue weighted by Crippen LogP contribution is -2.28. The van der Waals surface area contributed by atoms with Crippen LogP contribution in [0.2, 0.25) is 0 Å². The number of aliphatic hydroxyl groups excluding tert-OH is 2. The first kappa shape index (κ1) is 41.8. The average Bonchev–Trinajstić information content (AvgIpc) is 3.84. The van der Waals surface area contributed by atoms with Gasteiger partial charge in [0, 0.05) is 0 Å².